The second-order valence-electron chi connectivity index (χ2n) is 13.4. The van der Waals surface area contributed by atoms with Gasteiger partial charge in [-0.15, -0.1) is 10.2 Å². The fourth-order valence-corrected chi connectivity index (χ4v) is 7.27. The van der Waals surface area contributed by atoms with Gasteiger partial charge in [0.15, 0.2) is 5.82 Å². The van der Waals surface area contributed by atoms with Crippen molar-refractivity contribution >= 4 is 17.7 Å². The van der Waals surface area contributed by atoms with Crippen molar-refractivity contribution in [3.05, 3.63) is 75.6 Å². The second kappa shape index (κ2) is 10.8. The maximum Gasteiger partial charge on any atom is 0.248 e. The zero-order valence-electron chi connectivity index (χ0n) is 25.1. The van der Waals surface area contributed by atoms with Crippen LogP contribution >= 0.6 is 0 Å². The van der Waals surface area contributed by atoms with Gasteiger partial charge in [-0.1, -0.05) is 38.1 Å². The molecule has 44 heavy (non-hydrogen) atoms. The standard InChI is InChI=1S/C32H37N9O3/c1-31(2,3)26(36-16-27(42)41-22(15-33)12-21-13-25(21)41)14-32(30-37-39-40-38-30)23-8-6-19(28(34)43)10-17(23)4-5-18-11-20(29(35)44)7-9-24(18)32/h6-11,21-22,25-26,36H,4-5,12-14,16H2,1-3H3,(H2,34,43)(H2,35,44)(H,37,38,39,40)/t21-,22?,25+,26-/m1/s1. The van der Waals surface area contributed by atoms with Crippen molar-refractivity contribution < 1.29 is 14.4 Å². The Hall–Kier alpha value is -4.63. The number of nitrogens with two attached hydrogens (primary N) is 2. The number of tetrazole rings is 1. The maximum atomic E-state index is 13.5. The van der Waals surface area contributed by atoms with Crippen molar-refractivity contribution in [3.63, 3.8) is 0 Å². The van der Waals surface area contributed by atoms with Gasteiger partial charge in [-0.25, -0.2) is 0 Å². The highest BCUT2D eigenvalue weighted by Gasteiger charge is 2.54. The first-order valence-corrected chi connectivity index (χ1v) is 15.0. The summed E-state index contributed by atoms with van der Waals surface area (Å²) in [5.74, 6) is -0.285. The molecule has 2 fully saturated rings. The lowest BCUT2D eigenvalue weighted by atomic mass is 9.65. The number of carbonyl (C=O) groups is 3. The minimum atomic E-state index is -0.987. The summed E-state index contributed by atoms with van der Waals surface area (Å²) in [5.41, 5.74) is 14.4. The van der Waals surface area contributed by atoms with Crippen LogP contribution < -0.4 is 16.8 Å². The van der Waals surface area contributed by atoms with Gasteiger partial charge in [0, 0.05) is 23.2 Å². The third kappa shape index (κ3) is 5.01. The molecule has 228 valence electrons. The molecule has 1 aromatic heterocycles. The number of fused-ring (bicyclic) bond motifs is 3. The van der Waals surface area contributed by atoms with Crippen molar-refractivity contribution in [2.45, 2.75) is 76.4 Å². The molecule has 6 rings (SSSR count). The molecule has 1 unspecified atom stereocenters. The Morgan fingerprint density at radius 3 is 2.18 bits per heavy atom. The maximum absolute atomic E-state index is 13.5. The molecule has 3 amide bonds. The molecule has 0 radical (unpaired) electrons. The number of aryl methyl sites for hydroxylation is 2. The van der Waals surface area contributed by atoms with Gasteiger partial charge in [0.05, 0.1) is 18.0 Å². The lowest BCUT2D eigenvalue weighted by Gasteiger charge is -2.41. The third-order valence-electron chi connectivity index (χ3n) is 9.69. The Kier molecular flexibility index (Phi) is 7.24. The van der Waals surface area contributed by atoms with E-state index in [-0.39, 0.29) is 36.0 Å². The third-order valence-corrected chi connectivity index (χ3v) is 9.69. The highest BCUT2D eigenvalue weighted by atomic mass is 16.2. The van der Waals surface area contributed by atoms with E-state index in [4.69, 9.17) is 11.5 Å². The first kappa shape index (κ1) is 29.4. The number of aromatic amines is 1. The predicted octanol–water partition coefficient (Wildman–Crippen LogP) is 1.74. The summed E-state index contributed by atoms with van der Waals surface area (Å²) in [6, 6.07) is 12.7. The van der Waals surface area contributed by atoms with E-state index in [0.717, 1.165) is 35.1 Å². The van der Waals surface area contributed by atoms with Crippen LogP contribution in [0.1, 0.15) is 88.8 Å². The number of piperidine rings is 1. The first-order chi connectivity index (χ1) is 20.9. The average molecular weight is 596 g/mol. The SMILES string of the molecule is CC(C)(C)[C@@H](CC1(c2nn[nH]n2)c2ccc(C(N)=O)cc2CCc2cc(C(N)=O)ccc21)NCC(=O)N1C(C#N)C[C@@H]2C[C@@H]21. The zero-order chi connectivity index (χ0) is 31.4. The molecule has 1 aliphatic heterocycles. The highest BCUT2D eigenvalue weighted by Crippen LogP contribution is 2.49. The highest BCUT2D eigenvalue weighted by molar-refractivity contribution is 5.94. The number of carbonyl (C=O) groups excluding carboxylic acids is 3. The summed E-state index contributed by atoms with van der Waals surface area (Å²) in [5, 5.41) is 28.8. The van der Waals surface area contributed by atoms with E-state index >= 15 is 0 Å². The van der Waals surface area contributed by atoms with Crippen LogP contribution in [0, 0.1) is 22.7 Å². The van der Waals surface area contributed by atoms with E-state index in [1.54, 1.807) is 17.0 Å². The monoisotopic (exact) mass is 595 g/mol. The number of nitriles is 1. The van der Waals surface area contributed by atoms with E-state index in [2.05, 4.69) is 52.8 Å². The molecule has 0 spiro atoms. The molecule has 0 bridgehead atoms. The largest absolute Gasteiger partial charge is 0.366 e. The number of nitrogens with one attached hydrogen (secondary N) is 2. The fourth-order valence-electron chi connectivity index (χ4n) is 7.27. The van der Waals surface area contributed by atoms with Crippen molar-refractivity contribution in [1.29, 1.82) is 5.26 Å². The number of likely N-dealkylation sites (tertiary alicyclic amines) is 1. The predicted molar refractivity (Wildman–Crippen MR) is 160 cm³/mol. The van der Waals surface area contributed by atoms with E-state index < -0.39 is 17.2 Å². The molecule has 2 aromatic carbocycles. The summed E-state index contributed by atoms with van der Waals surface area (Å²) >= 11 is 0. The van der Waals surface area contributed by atoms with Crippen molar-refractivity contribution in [1.82, 2.24) is 30.8 Å². The molecular weight excluding hydrogens is 558 g/mol. The zero-order valence-corrected chi connectivity index (χ0v) is 25.1. The molecule has 12 nitrogen and oxygen atoms in total. The Balaban J connectivity index is 1.47. The number of hydrogen-bond acceptors (Lipinski definition) is 8. The smallest absolute Gasteiger partial charge is 0.248 e. The molecule has 2 aliphatic carbocycles. The van der Waals surface area contributed by atoms with Gasteiger partial charge in [-0.05, 0) is 90.0 Å². The van der Waals surface area contributed by atoms with Crippen LogP contribution in [0.5, 0.6) is 0 Å². The van der Waals surface area contributed by atoms with Crippen LogP contribution in [0.15, 0.2) is 36.4 Å². The Morgan fingerprint density at radius 2 is 1.68 bits per heavy atom. The van der Waals surface area contributed by atoms with Crippen molar-refractivity contribution in [2.24, 2.45) is 22.8 Å². The van der Waals surface area contributed by atoms with Crippen LogP contribution in [0.2, 0.25) is 0 Å². The number of H-pyrrole nitrogens is 1. The first-order valence-electron chi connectivity index (χ1n) is 15.0. The van der Waals surface area contributed by atoms with E-state index in [0.29, 0.717) is 42.1 Å². The summed E-state index contributed by atoms with van der Waals surface area (Å²) in [4.78, 5) is 39.7. The lowest BCUT2D eigenvalue weighted by Crippen LogP contribution is -2.51. The fraction of sp³-hybridized carbons (Fsp3) is 0.469. The minimum absolute atomic E-state index is 0.0760. The lowest BCUT2D eigenvalue weighted by molar-refractivity contribution is -0.131. The summed E-state index contributed by atoms with van der Waals surface area (Å²) < 4.78 is 0. The summed E-state index contributed by atoms with van der Waals surface area (Å²) in [7, 11) is 0. The van der Waals surface area contributed by atoms with E-state index in [1.807, 2.05) is 24.3 Å². The Morgan fingerprint density at radius 1 is 1.07 bits per heavy atom. The molecule has 4 atom stereocenters. The summed E-state index contributed by atoms with van der Waals surface area (Å²) in [6.45, 7) is 6.39. The van der Waals surface area contributed by atoms with Crippen LogP contribution in [0.3, 0.4) is 0 Å². The second-order valence-corrected chi connectivity index (χ2v) is 13.4. The number of aromatic nitrogens is 4. The molecule has 1 saturated carbocycles. The van der Waals surface area contributed by atoms with Gasteiger partial charge in [0.25, 0.3) is 0 Å². The summed E-state index contributed by atoms with van der Waals surface area (Å²) in [6.07, 6.45) is 3.27. The number of primary amides is 2. The molecule has 2 heterocycles. The van der Waals surface area contributed by atoms with Gasteiger partial charge in [-0.3, -0.25) is 14.4 Å². The van der Waals surface area contributed by atoms with Gasteiger partial charge < -0.3 is 21.7 Å². The van der Waals surface area contributed by atoms with E-state index in [1.165, 1.54) is 0 Å². The topological polar surface area (TPSA) is 197 Å². The van der Waals surface area contributed by atoms with Gasteiger partial charge in [0.2, 0.25) is 17.7 Å². The van der Waals surface area contributed by atoms with Gasteiger partial charge in [-0.2, -0.15) is 10.5 Å². The molecular formula is C32H37N9O3. The van der Waals surface area contributed by atoms with Crippen molar-refractivity contribution in [3.8, 4) is 6.07 Å². The molecule has 6 N–H and O–H groups in total. The Labute approximate surface area is 255 Å². The number of benzene rings is 2. The Bertz CT molecular complexity index is 1610. The quantitative estimate of drug-likeness (QED) is 0.302. The molecule has 1 saturated heterocycles. The van der Waals surface area contributed by atoms with Crippen LogP contribution in [0.25, 0.3) is 0 Å². The molecule has 3 aromatic rings. The van der Waals surface area contributed by atoms with Gasteiger partial charge >= 0.3 is 0 Å². The number of hydrogen-bond donors (Lipinski definition) is 4. The molecule has 3 aliphatic rings. The minimum Gasteiger partial charge on any atom is -0.366 e. The van der Waals surface area contributed by atoms with E-state index in [9.17, 15) is 19.6 Å². The van der Waals surface area contributed by atoms with Crippen LogP contribution in [-0.4, -0.2) is 67.9 Å². The average Bonchev–Trinajstić information content (AvgIpc) is 3.37. The van der Waals surface area contributed by atoms with Crippen LogP contribution in [-0.2, 0) is 23.1 Å². The number of rotatable bonds is 8. The molecule has 12 heteroatoms. The number of nitrogens with zero attached hydrogens (tertiary/aromatic N) is 5. The van der Waals surface area contributed by atoms with Crippen molar-refractivity contribution in [2.75, 3.05) is 6.54 Å². The number of amides is 3. The normalized spacial score (nSPS) is 22.1. The van der Waals surface area contributed by atoms with Gasteiger partial charge in [0.1, 0.15) is 6.04 Å². The van der Waals surface area contributed by atoms with Crippen LogP contribution in [0.4, 0.5) is 0 Å².